The topological polar surface area (TPSA) is 27.7 Å². The molecular weight excluding hydrogens is 932 g/mol. The van der Waals surface area contributed by atoms with E-state index in [-0.39, 0.29) is 9.65 Å². The monoisotopic (exact) mass is 958 g/mol. The van der Waals surface area contributed by atoms with Crippen molar-refractivity contribution in [2.24, 2.45) is 0 Å². The van der Waals surface area contributed by atoms with E-state index in [1.54, 1.807) is 0 Å². The summed E-state index contributed by atoms with van der Waals surface area (Å²) in [4.78, 5) is 0.384. The second-order valence-corrected chi connectivity index (χ2v) is 15.4. The molecule has 37 heavy (non-hydrogen) atoms. The molecule has 0 heterocycles. The maximum atomic E-state index is 6.11. The van der Waals surface area contributed by atoms with Gasteiger partial charge in [0.2, 0.25) is 0 Å². The molecule has 0 radical (unpaired) electrons. The highest BCUT2D eigenvalue weighted by Crippen LogP contribution is 2.38. The predicted octanol–water partition coefficient (Wildman–Crippen LogP) is 11.4. The second-order valence-electron chi connectivity index (χ2n) is 8.77. The lowest BCUT2D eigenvalue weighted by Gasteiger charge is -2.16. The van der Waals surface area contributed by atoms with Crippen molar-refractivity contribution in [3.05, 3.63) is 53.3 Å². The Morgan fingerprint density at radius 2 is 1.11 bits per heavy atom. The molecule has 2 aromatic rings. The molecule has 0 aliphatic heterocycles. The van der Waals surface area contributed by atoms with Gasteiger partial charge in [0.05, 0.1) is 34.2 Å². The zero-order chi connectivity index (χ0) is 27.2. The molecule has 3 nitrogen and oxygen atoms in total. The summed E-state index contributed by atoms with van der Waals surface area (Å²) >= 11 is 25.4. The van der Waals surface area contributed by atoms with Crippen LogP contribution in [0.15, 0.2) is 42.2 Å². The molecule has 2 aromatic carbocycles. The SMILES string of the molecule is CCCCCCCCOCC(Br)COc1c(Br)cc(Cc2cc(Br)c(OCC(Br)CBr)c(Br)c2)cc1Br. The van der Waals surface area contributed by atoms with Crippen LogP contribution >= 0.6 is 112 Å². The van der Waals surface area contributed by atoms with E-state index in [0.29, 0.717) is 19.8 Å². The molecule has 2 rings (SSSR count). The van der Waals surface area contributed by atoms with Crippen LogP contribution in [-0.4, -0.2) is 41.4 Å². The zero-order valence-electron chi connectivity index (χ0n) is 20.8. The molecule has 0 fully saturated rings. The van der Waals surface area contributed by atoms with E-state index in [4.69, 9.17) is 14.2 Å². The predicted molar refractivity (Wildman–Crippen MR) is 181 cm³/mol. The largest absolute Gasteiger partial charge is 0.490 e. The van der Waals surface area contributed by atoms with E-state index in [1.165, 1.54) is 32.1 Å². The molecule has 0 spiro atoms. The van der Waals surface area contributed by atoms with Crippen LogP contribution < -0.4 is 9.47 Å². The Morgan fingerprint density at radius 1 is 0.649 bits per heavy atom. The van der Waals surface area contributed by atoms with Crippen molar-refractivity contribution in [1.82, 2.24) is 0 Å². The Balaban J connectivity index is 1.86. The summed E-state index contributed by atoms with van der Waals surface area (Å²) < 4.78 is 21.6. The Kier molecular flexibility index (Phi) is 18.2. The molecular formula is C27H33Br7O3. The van der Waals surface area contributed by atoms with Gasteiger partial charge in [-0.05, 0) is 112 Å². The van der Waals surface area contributed by atoms with Crippen LogP contribution in [0.3, 0.4) is 0 Å². The number of ether oxygens (including phenoxy) is 3. The Labute approximate surface area is 280 Å². The van der Waals surface area contributed by atoms with Gasteiger partial charge in [-0.15, -0.1) is 0 Å². The van der Waals surface area contributed by atoms with Crippen LogP contribution in [0.5, 0.6) is 11.5 Å². The molecule has 2 unspecified atom stereocenters. The third-order valence-corrected chi connectivity index (χ3v) is 10.6. The highest BCUT2D eigenvalue weighted by molar-refractivity contribution is 9.12. The third-order valence-electron chi connectivity index (χ3n) is 5.45. The van der Waals surface area contributed by atoms with E-state index in [1.807, 2.05) is 0 Å². The van der Waals surface area contributed by atoms with E-state index >= 15 is 0 Å². The third kappa shape index (κ3) is 13.3. The number of unbranched alkanes of at least 4 members (excludes halogenated alkanes) is 5. The molecule has 208 valence electrons. The molecule has 0 saturated heterocycles. The number of alkyl halides is 3. The lowest BCUT2D eigenvalue weighted by Crippen LogP contribution is -2.18. The quantitative estimate of drug-likeness (QED) is 0.110. The maximum Gasteiger partial charge on any atom is 0.147 e. The van der Waals surface area contributed by atoms with Crippen molar-refractivity contribution in [2.45, 2.75) is 61.5 Å². The molecule has 10 heteroatoms. The van der Waals surface area contributed by atoms with Gasteiger partial charge < -0.3 is 14.2 Å². The van der Waals surface area contributed by atoms with E-state index in [0.717, 1.165) is 65.3 Å². The van der Waals surface area contributed by atoms with Crippen LogP contribution in [-0.2, 0) is 11.2 Å². The first-order valence-corrected chi connectivity index (χ1v) is 18.5. The van der Waals surface area contributed by atoms with Gasteiger partial charge in [-0.3, -0.25) is 0 Å². The minimum Gasteiger partial charge on any atom is -0.490 e. The number of hydrogen-bond donors (Lipinski definition) is 0. The first-order valence-electron chi connectivity index (χ1n) is 12.4. The average molecular weight is 965 g/mol. The smallest absolute Gasteiger partial charge is 0.147 e. The molecule has 0 N–H and O–H groups in total. The van der Waals surface area contributed by atoms with Gasteiger partial charge in [0.25, 0.3) is 0 Å². The van der Waals surface area contributed by atoms with Gasteiger partial charge in [-0.25, -0.2) is 0 Å². The molecule has 0 amide bonds. The summed E-state index contributed by atoms with van der Waals surface area (Å²) in [6.45, 7) is 4.79. The lowest BCUT2D eigenvalue weighted by molar-refractivity contribution is 0.121. The van der Waals surface area contributed by atoms with Crippen LogP contribution in [0.1, 0.15) is 56.6 Å². The van der Waals surface area contributed by atoms with Gasteiger partial charge in [-0.1, -0.05) is 86.8 Å². The molecule has 0 aromatic heterocycles. The number of halogens is 7. The van der Waals surface area contributed by atoms with Crippen LogP contribution in [0.4, 0.5) is 0 Å². The van der Waals surface area contributed by atoms with Gasteiger partial charge in [0.1, 0.15) is 24.7 Å². The Hall–Kier alpha value is 1.36. The summed E-state index contributed by atoms with van der Waals surface area (Å²) in [7, 11) is 0. The van der Waals surface area contributed by atoms with Crippen LogP contribution in [0.2, 0.25) is 0 Å². The number of benzene rings is 2. The molecule has 0 bridgehead atoms. The Bertz CT molecular complexity index is 912. The van der Waals surface area contributed by atoms with E-state index < -0.39 is 0 Å². The summed E-state index contributed by atoms with van der Waals surface area (Å²) in [6.07, 6.45) is 8.40. The van der Waals surface area contributed by atoms with Crippen LogP contribution in [0, 0.1) is 0 Å². The molecule has 0 saturated carbocycles. The second kappa shape index (κ2) is 19.5. The highest BCUT2D eigenvalue weighted by atomic mass is 79.9. The molecule has 0 aliphatic carbocycles. The molecule has 2 atom stereocenters. The fourth-order valence-electron chi connectivity index (χ4n) is 3.58. The maximum absolute atomic E-state index is 6.11. The van der Waals surface area contributed by atoms with Gasteiger partial charge >= 0.3 is 0 Å². The summed E-state index contributed by atoms with van der Waals surface area (Å²) in [5.41, 5.74) is 2.33. The zero-order valence-corrected chi connectivity index (χ0v) is 31.9. The number of hydrogen-bond acceptors (Lipinski definition) is 3. The Morgan fingerprint density at radius 3 is 1.59 bits per heavy atom. The van der Waals surface area contributed by atoms with E-state index in [9.17, 15) is 0 Å². The standard InChI is InChI=1S/C27H33Br7O3/c1-2-3-4-5-6-7-8-35-15-21(30)17-37-27-24(33)12-19(13-25(27)34)9-18-10-22(31)26(23(32)11-18)36-16-20(29)14-28/h10-13,20-21H,2-9,14-17H2,1H3. The average Bonchev–Trinajstić information content (AvgIpc) is 2.84. The normalized spacial score (nSPS) is 13.0. The fourth-order valence-corrected chi connectivity index (χ4v) is 7.23. The minimum atomic E-state index is 0.135. The summed E-state index contributed by atoms with van der Waals surface area (Å²) in [6, 6.07) is 8.42. The van der Waals surface area contributed by atoms with Crippen LogP contribution in [0.25, 0.3) is 0 Å². The highest BCUT2D eigenvalue weighted by Gasteiger charge is 2.15. The summed E-state index contributed by atoms with van der Waals surface area (Å²) in [5.74, 6) is 1.60. The fraction of sp³-hybridized carbons (Fsp3) is 0.556. The van der Waals surface area contributed by atoms with Crippen molar-refractivity contribution in [3.63, 3.8) is 0 Å². The van der Waals surface area contributed by atoms with E-state index in [2.05, 4.69) is 143 Å². The van der Waals surface area contributed by atoms with Crippen molar-refractivity contribution in [1.29, 1.82) is 0 Å². The van der Waals surface area contributed by atoms with Gasteiger partial charge in [0.15, 0.2) is 0 Å². The van der Waals surface area contributed by atoms with Crippen molar-refractivity contribution in [3.8, 4) is 11.5 Å². The first kappa shape index (κ1) is 34.6. The van der Waals surface area contributed by atoms with Gasteiger partial charge in [0, 0.05) is 11.9 Å². The molecule has 0 aliphatic rings. The van der Waals surface area contributed by atoms with Crippen molar-refractivity contribution in [2.75, 3.05) is 31.8 Å². The van der Waals surface area contributed by atoms with Crippen molar-refractivity contribution < 1.29 is 14.2 Å². The lowest BCUT2D eigenvalue weighted by atomic mass is 10.0. The summed E-state index contributed by atoms with van der Waals surface area (Å²) in [5, 5.41) is 0.827. The first-order chi connectivity index (χ1) is 17.7. The van der Waals surface area contributed by atoms with Gasteiger partial charge in [-0.2, -0.15) is 0 Å². The van der Waals surface area contributed by atoms with Crippen molar-refractivity contribution >= 4 is 112 Å². The number of rotatable bonds is 18. The minimum absolute atomic E-state index is 0.135.